The lowest BCUT2D eigenvalue weighted by Gasteiger charge is -2.21. The molecule has 1 aromatic heterocycles. The molecule has 1 fully saturated rings. The molecule has 0 aliphatic carbocycles. The first-order chi connectivity index (χ1) is 11.4. The van der Waals surface area contributed by atoms with Crippen LogP contribution in [0.1, 0.15) is 20.3 Å². The molecule has 1 aromatic carbocycles. The van der Waals surface area contributed by atoms with Crippen LogP contribution in [0.15, 0.2) is 29.1 Å². The summed E-state index contributed by atoms with van der Waals surface area (Å²) < 4.78 is 11.2. The SMILES string of the molecule is CC1(C)COC(=O)[C@@H]1OC(=O)CCn1nnc2ccccc2c1=O. The Bertz CT molecular complexity index is 858. The number of carbonyl (C=O) groups excluding carboxylic acids is 2. The number of ether oxygens (including phenoxy) is 2. The van der Waals surface area contributed by atoms with Crippen molar-refractivity contribution in [2.24, 2.45) is 5.41 Å². The van der Waals surface area contributed by atoms with Gasteiger partial charge in [-0.15, -0.1) is 5.10 Å². The number of hydrogen-bond donors (Lipinski definition) is 0. The first-order valence-electron chi connectivity index (χ1n) is 7.57. The zero-order chi connectivity index (χ0) is 17.3. The van der Waals surface area contributed by atoms with Gasteiger partial charge in [0.15, 0.2) is 0 Å². The van der Waals surface area contributed by atoms with Crippen molar-refractivity contribution < 1.29 is 19.1 Å². The Morgan fingerprint density at radius 3 is 2.83 bits per heavy atom. The number of fused-ring (bicyclic) bond motifs is 1. The third kappa shape index (κ3) is 2.99. The van der Waals surface area contributed by atoms with Gasteiger partial charge in [-0.1, -0.05) is 31.2 Å². The minimum Gasteiger partial charge on any atom is -0.462 e. The lowest BCUT2D eigenvalue weighted by molar-refractivity contribution is -0.163. The highest BCUT2D eigenvalue weighted by Crippen LogP contribution is 2.31. The van der Waals surface area contributed by atoms with Crippen LogP contribution in [0.25, 0.3) is 10.9 Å². The van der Waals surface area contributed by atoms with Crippen LogP contribution in [0, 0.1) is 5.41 Å². The number of aromatic nitrogens is 3. The first kappa shape index (κ1) is 16.1. The van der Waals surface area contributed by atoms with Crippen LogP contribution in [0.2, 0.25) is 0 Å². The molecule has 1 aliphatic heterocycles. The molecule has 0 unspecified atom stereocenters. The molecular formula is C16H17N3O5. The Balaban J connectivity index is 1.68. The third-order valence-electron chi connectivity index (χ3n) is 3.92. The van der Waals surface area contributed by atoms with E-state index in [0.717, 1.165) is 4.68 Å². The number of cyclic esters (lactones) is 1. The highest BCUT2D eigenvalue weighted by Gasteiger charge is 2.46. The van der Waals surface area contributed by atoms with Crippen molar-refractivity contribution in [3.8, 4) is 0 Å². The minimum absolute atomic E-state index is 0.0255. The van der Waals surface area contributed by atoms with E-state index in [1.807, 2.05) is 0 Å². The van der Waals surface area contributed by atoms with E-state index in [1.54, 1.807) is 38.1 Å². The van der Waals surface area contributed by atoms with Crippen molar-refractivity contribution in [2.75, 3.05) is 6.61 Å². The van der Waals surface area contributed by atoms with E-state index in [-0.39, 0.29) is 25.1 Å². The Hall–Kier alpha value is -2.77. The lowest BCUT2D eigenvalue weighted by Crippen LogP contribution is -2.35. The van der Waals surface area contributed by atoms with Gasteiger partial charge in [-0.25, -0.2) is 9.48 Å². The standard InChI is InChI=1S/C16H17N3O5/c1-16(2)9-23-15(22)13(16)24-12(20)7-8-19-14(21)10-5-3-4-6-11(10)17-18-19/h3-6,13H,7-9H2,1-2H3/t13-/m0/s1. The highest BCUT2D eigenvalue weighted by atomic mass is 16.6. The van der Waals surface area contributed by atoms with Crippen molar-refractivity contribution in [1.82, 2.24) is 15.0 Å². The molecule has 8 heteroatoms. The Morgan fingerprint density at radius 2 is 2.12 bits per heavy atom. The maximum atomic E-state index is 12.3. The van der Waals surface area contributed by atoms with E-state index in [0.29, 0.717) is 10.9 Å². The maximum absolute atomic E-state index is 12.3. The fourth-order valence-corrected chi connectivity index (χ4v) is 2.49. The predicted octanol–water partition coefficient (Wildman–Crippen LogP) is 0.676. The third-order valence-corrected chi connectivity index (χ3v) is 3.92. The largest absolute Gasteiger partial charge is 0.462 e. The molecule has 0 amide bonds. The number of esters is 2. The molecule has 1 aliphatic rings. The van der Waals surface area contributed by atoms with Gasteiger partial charge in [0.2, 0.25) is 6.10 Å². The van der Waals surface area contributed by atoms with Crippen LogP contribution in [0.3, 0.4) is 0 Å². The summed E-state index contributed by atoms with van der Waals surface area (Å²) in [5, 5.41) is 8.19. The topological polar surface area (TPSA) is 100 Å². The van der Waals surface area contributed by atoms with Crippen molar-refractivity contribution in [2.45, 2.75) is 32.9 Å². The van der Waals surface area contributed by atoms with Gasteiger partial charge >= 0.3 is 11.9 Å². The molecule has 3 rings (SSSR count). The van der Waals surface area contributed by atoms with Gasteiger partial charge < -0.3 is 9.47 Å². The van der Waals surface area contributed by atoms with E-state index < -0.39 is 23.5 Å². The Morgan fingerprint density at radius 1 is 1.38 bits per heavy atom. The zero-order valence-electron chi connectivity index (χ0n) is 13.4. The summed E-state index contributed by atoms with van der Waals surface area (Å²) >= 11 is 0. The summed E-state index contributed by atoms with van der Waals surface area (Å²) in [6, 6.07) is 6.84. The maximum Gasteiger partial charge on any atom is 0.348 e. The summed E-state index contributed by atoms with van der Waals surface area (Å²) in [4.78, 5) is 35.9. The molecule has 126 valence electrons. The van der Waals surface area contributed by atoms with Crippen LogP contribution in [-0.4, -0.2) is 39.6 Å². The normalized spacial score (nSPS) is 19.2. The van der Waals surface area contributed by atoms with Gasteiger partial charge in [-0.2, -0.15) is 0 Å². The van der Waals surface area contributed by atoms with Gasteiger partial charge in [0.25, 0.3) is 5.56 Å². The summed E-state index contributed by atoms with van der Waals surface area (Å²) in [5.74, 6) is -1.13. The number of rotatable bonds is 4. The van der Waals surface area contributed by atoms with Crippen LogP contribution >= 0.6 is 0 Å². The smallest absolute Gasteiger partial charge is 0.348 e. The Kier molecular flexibility index (Phi) is 4.04. The van der Waals surface area contributed by atoms with E-state index in [2.05, 4.69) is 10.3 Å². The van der Waals surface area contributed by atoms with Gasteiger partial charge in [-0.3, -0.25) is 9.59 Å². The fraction of sp³-hybridized carbons (Fsp3) is 0.438. The second-order valence-electron chi connectivity index (χ2n) is 6.35. The lowest BCUT2D eigenvalue weighted by atomic mass is 9.90. The zero-order valence-corrected chi connectivity index (χ0v) is 13.4. The number of carbonyl (C=O) groups is 2. The second kappa shape index (κ2) is 6.03. The van der Waals surface area contributed by atoms with E-state index in [4.69, 9.17) is 9.47 Å². The van der Waals surface area contributed by atoms with Crippen molar-refractivity contribution in [3.05, 3.63) is 34.6 Å². The van der Waals surface area contributed by atoms with Crippen LogP contribution < -0.4 is 5.56 Å². The number of hydrogen-bond acceptors (Lipinski definition) is 7. The van der Waals surface area contributed by atoms with Crippen LogP contribution in [0.5, 0.6) is 0 Å². The van der Waals surface area contributed by atoms with E-state index in [1.165, 1.54) is 0 Å². The molecule has 1 atom stereocenters. The molecule has 0 bridgehead atoms. The van der Waals surface area contributed by atoms with Gasteiger partial charge in [0.05, 0.1) is 18.4 Å². The molecule has 2 aromatic rings. The van der Waals surface area contributed by atoms with Crippen LogP contribution in [0.4, 0.5) is 0 Å². The number of benzene rings is 1. The monoisotopic (exact) mass is 331 g/mol. The Labute approximate surface area is 137 Å². The minimum atomic E-state index is -0.926. The molecule has 0 N–H and O–H groups in total. The molecule has 2 heterocycles. The van der Waals surface area contributed by atoms with Gasteiger partial charge in [0, 0.05) is 5.41 Å². The van der Waals surface area contributed by atoms with E-state index in [9.17, 15) is 14.4 Å². The van der Waals surface area contributed by atoms with Gasteiger partial charge in [-0.05, 0) is 12.1 Å². The molecule has 24 heavy (non-hydrogen) atoms. The average molecular weight is 331 g/mol. The number of aryl methyl sites for hydroxylation is 1. The molecule has 0 radical (unpaired) electrons. The van der Waals surface area contributed by atoms with Crippen molar-refractivity contribution in [1.29, 1.82) is 0 Å². The fourth-order valence-electron chi connectivity index (χ4n) is 2.49. The summed E-state index contributed by atoms with van der Waals surface area (Å²) in [5.41, 5.74) is -0.391. The predicted molar refractivity (Wildman–Crippen MR) is 83.0 cm³/mol. The molecule has 1 saturated heterocycles. The highest BCUT2D eigenvalue weighted by molar-refractivity contribution is 5.81. The second-order valence-corrected chi connectivity index (χ2v) is 6.35. The van der Waals surface area contributed by atoms with Crippen LogP contribution in [-0.2, 0) is 25.6 Å². The molecular weight excluding hydrogens is 314 g/mol. The average Bonchev–Trinajstić information content (AvgIpc) is 2.81. The van der Waals surface area contributed by atoms with Crippen molar-refractivity contribution >= 4 is 22.8 Å². The molecule has 0 spiro atoms. The first-order valence-corrected chi connectivity index (χ1v) is 7.57. The molecule has 0 saturated carbocycles. The quantitative estimate of drug-likeness (QED) is 0.759. The van der Waals surface area contributed by atoms with E-state index >= 15 is 0 Å². The summed E-state index contributed by atoms with van der Waals surface area (Å²) in [6.45, 7) is 3.81. The van der Waals surface area contributed by atoms with Crippen molar-refractivity contribution in [3.63, 3.8) is 0 Å². The summed E-state index contributed by atoms with van der Waals surface area (Å²) in [6.07, 6.45) is -1.02. The molecule has 8 nitrogen and oxygen atoms in total. The summed E-state index contributed by atoms with van der Waals surface area (Å²) in [7, 11) is 0. The van der Waals surface area contributed by atoms with Gasteiger partial charge in [0.1, 0.15) is 12.1 Å². The number of nitrogens with zero attached hydrogens (tertiary/aromatic N) is 3.